The molecular formula is C33H56N10O11. The lowest BCUT2D eigenvalue weighted by molar-refractivity contribution is -0.139. The molecule has 0 saturated carbocycles. The van der Waals surface area contributed by atoms with Crippen molar-refractivity contribution < 1.29 is 53.1 Å². The van der Waals surface area contributed by atoms with E-state index in [4.69, 9.17) is 16.6 Å². The largest absolute Gasteiger partial charge is 0.480 e. The lowest BCUT2D eigenvalue weighted by Gasteiger charge is -2.27. The third-order valence-corrected chi connectivity index (χ3v) is 8.55. The molecule has 0 spiro atoms. The Balaban J connectivity index is 2.79. The van der Waals surface area contributed by atoms with E-state index in [2.05, 4.69) is 37.2 Å². The van der Waals surface area contributed by atoms with Crippen LogP contribution in [0, 0.1) is 11.8 Å². The smallest absolute Gasteiger partial charge is 0.322 e. The van der Waals surface area contributed by atoms with Crippen molar-refractivity contribution in [3.63, 3.8) is 0 Å². The Hall–Kier alpha value is -5.34. The molecule has 1 rings (SSSR count). The van der Waals surface area contributed by atoms with Crippen molar-refractivity contribution >= 4 is 59.1 Å². The molecule has 0 bridgehead atoms. The molecule has 1 fully saturated rings. The highest BCUT2D eigenvalue weighted by molar-refractivity contribution is 5.96. The number of primary amides is 1. The predicted molar refractivity (Wildman–Crippen MR) is 191 cm³/mol. The van der Waals surface area contributed by atoms with Gasteiger partial charge in [0.1, 0.15) is 36.8 Å². The number of amides is 9. The molecule has 0 aromatic heterocycles. The Morgan fingerprint density at radius 2 is 1.33 bits per heavy atom. The van der Waals surface area contributed by atoms with Crippen LogP contribution >= 0.6 is 0 Å². The van der Waals surface area contributed by atoms with Gasteiger partial charge in [0, 0.05) is 13.0 Å². The van der Waals surface area contributed by atoms with Gasteiger partial charge in [-0.25, -0.2) is 0 Å². The summed E-state index contributed by atoms with van der Waals surface area (Å²) in [5.74, 6) is -8.04. The van der Waals surface area contributed by atoms with Gasteiger partial charge in [-0.3, -0.25) is 47.9 Å². The van der Waals surface area contributed by atoms with Crippen molar-refractivity contribution in [1.82, 2.24) is 42.1 Å². The van der Waals surface area contributed by atoms with Crippen LogP contribution in [-0.2, 0) is 47.9 Å². The van der Waals surface area contributed by atoms with E-state index in [1.807, 2.05) is 13.8 Å². The van der Waals surface area contributed by atoms with Gasteiger partial charge in [0.15, 0.2) is 0 Å². The molecule has 1 heterocycles. The van der Waals surface area contributed by atoms with Gasteiger partial charge in [0.05, 0.1) is 19.6 Å². The molecule has 9 amide bonds. The number of rotatable bonds is 23. The van der Waals surface area contributed by atoms with Gasteiger partial charge in [-0.2, -0.15) is 0 Å². The van der Waals surface area contributed by atoms with E-state index >= 15 is 0 Å². The molecule has 21 heteroatoms. The number of carboxylic acids is 1. The number of nitrogens with zero attached hydrogens (tertiary/aromatic N) is 1. The number of carbonyl (C=O) groups is 10. The van der Waals surface area contributed by atoms with E-state index in [-0.39, 0.29) is 37.6 Å². The third-order valence-electron chi connectivity index (χ3n) is 8.55. The summed E-state index contributed by atoms with van der Waals surface area (Å²) in [4.78, 5) is 125. The zero-order valence-corrected chi connectivity index (χ0v) is 31.5. The lowest BCUT2D eigenvalue weighted by Crippen LogP contribution is -2.57. The number of carbonyl (C=O) groups excluding carboxylic acids is 9. The molecule has 0 aliphatic carbocycles. The number of nitrogens with one attached hydrogen (secondary N) is 7. The fourth-order valence-electron chi connectivity index (χ4n) is 5.42. The maximum atomic E-state index is 13.2. The number of hydrogen-bond acceptors (Lipinski definition) is 11. The van der Waals surface area contributed by atoms with Gasteiger partial charge in [-0.1, -0.05) is 34.1 Å². The van der Waals surface area contributed by atoms with Crippen LogP contribution in [-0.4, -0.2) is 132 Å². The normalized spacial score (nSPS) is 16.4. The first-order chi connectivity index (χ1) is 25.3. The third kappa shape index (κ3) is 16.6. The molecule has 6 atom stereocenters. The summed E-state index contributed by atoms with van der Waals surface area (Å²) in [6.45, 7) is 6.70. The Morgan fingerprint density at radius 1 is 0.759 bits per heavy atom. The maximum absolute atomic E-state index is 13.2. The Morgan fingerprint density at radius 3 is 1.89 bits per heavy atom. The first-order valence-corrected chi connectivity index (χ1v) is 17.8. The molecule has 1 aliphatic heterocycles. The summed E-state index contributed by atoms with van der Waals surface area (Å²) in [6.07, 6.45) is 1.19. The summed E-state index contributed by atoms with van der Waals surface area (Å²) in [6, 6.07) is -5.42. The molecule has 304 valence electrons. The maximum Gasteiger partial charge on any atom is 0.322 e. The fraction of sp³-hybridized carbons (Fsp3) is 0.697. The molecule has 54 heavy (non-hydrogen) atoms. The van der Waals surface area contributed by atoms with E-state index in [1.54, 1.807) is 13.8 Å². The van der Waals surface area contributed by atoms with Crippen molar-refractivity contribution in [2.45, 2.75) is 103 Å². The molecule has 6 unspecified atom stereocenters. The summed E-state index contributed by atoms with van der Waals surface area (Å²) in [5.41, 5.74) is 10.6. The molecule has 1 aliphatic rings. The zero-order chi connectivity index (χ0) is 41.1. The van der Waals surface area contributed by atoms with Crippen LogP contribution in [0.3, 0.4) is 0 Å². The van der Waals surface area contributed by atoms with E-state index in [0.29, 0.717) is 25.8 Å². The van der Waals surface area contributed by atoms with Crippen molar-refractivity contribution in [2.24, 2.45) is 23.3 Å². The van der Waals surface area contributed by atoms with Gasteiger partial charge in [0.25, 0.3) is 0 Å². The highest BCUT2D eigenvalue weighted by atomic mass is 16.4. The minimum Gasteiger partial charge on any atom is -0.480 e. The van der Waals surface area contributed by atoms with E-state index in [1.165, 1.54) is 11.8 Å². The number of nitrogens with two attached hydrogens (primary N) is 2. The second-order valence-corrected chi connectivity index (χ2v) is 13.5. The first kappa shape index (κ1) is 46.7. The van der Waals surface area contributed by atoms with Crippen molar-refractivity contribution in [1.29, 1.82) is 0 Å². The number of hydrogen-bond donors (Lipinski definition) is 10. The van der Waals surface area contributed by atoms with Crippen LogP contribution in [0.2, 0.25) is 0 Å². The van der Waals surface area contributed by atoms with Crippen LogP contribution < -0.4 is 48.7 Å². The average Bonchev–Trinajstić information content (AvgIpc) is 3.61. The van der Waals surface area contributed by atoms with E-state index < -0.39 is 109 Å². The lowest BCUT2D eigenvalue weighted by atomic mass is 9.98. The molecule has 0 aromatic carbocycles. The zero-order valence-electron chi connectivity index (χ0n) is 31.5. The van der Waals surface area contributed by atoms with Gasteiger partial charge in [-0.15, -0.1) is 0 Å². The SMILES string of the molecule is CCC(C)C(NC(=O)CNC(=O)C(CC(C)C)NC(=O)C1CCCN1C(=O)CN)C(=O)NC(C)C(=O)NCC(=O)NC(CCC(N)=O)C(=O)NCC(=O)O. The predicted octanol–water partition coefficient (Wildman–Crippen LogP) is -4.31. The Kier molecular flexibility index (Phi) is 20.2. The highest BCUT2D eigenvalue weighted by Crippen LogP contribution is 2.18. The number of likely N-dealkylation sites (tertiary alicyclic amines) is 1. The van der Waals surface area contributed by atoms with E-state index in [0.717, 1.165) is 0 Å². The van der Waals surface area contributed by atoms with Gasteiger partial charge in [0.2, 0.25) is 53.2 Å². The van der Waals surface area contributed by atoms with E-state index in [9.17, 15) is 47.9 Å². The Bertz CT molecular complexity index is 1390. The van der Waals surface area contributed by atoms with Crippen LogP contribution in [0.5, 0.6) is 0 Å². The topological polar surface area (TPSA) is 330 Å². The summed E-state index contributed by atoms with van der Waals surface area (Å²) < 4.78 is 0. The first-order valence-electron chi connectivity index (χ1n) is 17.8. The van der Waals surface area contributed by atoms with Crippen molar-refractivity contribution in [3.05, 3.63) is 0 Å². The van der Waals surface area contributed by atoms with Gasteiger partial charge < -0.3 is 58.7 Å². The minimum absolute atomic E-state index is 0.0191. The summed E-state index contributed by atoms with van der Waals surface area (Å²) >= 11 is 0. The summed E-state index contributed by atoms with van der Waals surface area (Å²) in [7, 11) is 0. The van der Waals surface area contributed by atoms with Crippen LogP contribution in [0.1, 0.15) is 73.1 Å². The fourth-order valence-corrected chi connectivity index (χ4v) is 5.42. The molecule has 0 radical (unpaired) electrons. The standard InChI is InChI=1S/C33H56N10O11/c1-6-18(4)28(33(54)39-19(5)29(50)36-14-24(45)40-20(9-10-23(35)44)30(51)38-16-27(48)49)42-25(46)15-37-31(52)21(12-17(2)3)41-32(53)22-8-7-11-43(22)26(47)13-34/h17-22,28H,6-16,34H2,1-5H3,(H2,35,44)(H,36,50)(H,37,52)(H,38,51)(H,39,54)(H,40,45)(H,41,53)(H,42,46)(H,48,49). The van der Waals surface area contributed by atoms with Crippen LogP contribution in [0.4, 0.5) is 0 Å². The highest BCUT2D eigenvalue weighted by Gasteiger charge is 2.36. The minimum atomic E-state index is -1.34. The van der Waals surface area contributed by atoms with Gasteiger partial charge >= 0.3 is 5.97 Å². The van der Waals surface area contributed by atoms with Gasteiger partial charge in [-0.05, 0) is 44.4 Å². The average molecular weight is 769 g/mol. The number of aliphatic carboxylic acids is 1. The monoisotopic (exact) mass is 768 g/mol. The molecular weight excluding hydrogens is 712 g/mol. The van der Waals surface area contributed by atoms with Crippen LogP contribution in [0.15, 0.2) is 0 Å². The molecule has 21 nitrogen and oxygen atoms in total. The molecule has 0 aromatic rings. The molecule has 1 saturated heterocycles. The molecule has 12 N–H and O–H groups in total. The number of carboxylic acid groups (broad SMARTS) is 1. The van der Waals surface area contributed by atoms with Crippen LogP contribution in [0.25, 0.3) is 0 Å². The second-order valence-electron chi connectivity index (χ2n) is 13.5. The summed E-state index contributed by atoms with van der Waals surface area (Å²) in [5, 5.41) is 25.7. The quantitative estimate of drug-likeness (QED) is 0.0472. The second kappa shape index (κ2) is 23.4. The van der Waals surface area contributed by atoms with Crippen molar-refractivity contribution in [3.8, 4) is 0 Å². The Labute approximate surface area is 313 Å². The van der Waals surface area contributed by atoms with Crippen molar-refractivity contribution in [2.75, 3.05) is 32.7 Å².